The summed E-state index contributed by atoms with van der Waals surface area (Å²) < 4.78 is 5.28. The Bertz CT molecular complexity index is 503. The van der Waals surface area contributed by atoms with Gasteiger partial charge in [0.05, 0.1) is 12.1 Å². The van der Waals surface area contributed by atoms with Crippen LogP contribution >= 0.6 is 0 Å². The maximum absolute atomic E-state index is 5.60. The Kier molecular flexibility index (Phi) is 2.29. The van der Waals surface area contributed by atoms with Crippen molar-refractivity contribution in [3.8, 4) is 0 Å². The zero-order chi connectivity index (χ0) is 10.8. The van der Waals surface area contributed by atoms with Crippen LogP contribution in [-0.4, -0.2) is 21.8 Å². The summed E-state index contributed by atoms with van der Waals surface area (Å²) in [6, 6.07) is 1.86. The molecule has 5 heteroatoms. The van der Waals surface area contributed by atoms with E-state index in [0.29, 0.717) is 23.7 Å². The third-order valence-electron chi connectivity index (χ3n) is 2.07. The van der Waals surface area contributed by atoms with Gasteiger partial charge in [-0.05, 0) is 13.0 Å². The van der Waals surface area contributed by atoms with Crippen LogP contribution in [0, 0.1) is 0 Å². The number of ether oxygens (including phenoxy) is 1. The number of nitrogen functional groups attached to an aromatic ring is 1. The fourth-order valence-corrected chi connectivity index (χ4v) is 1.34. The molecule has 2 aromatic rings. The minimum Gasteiger partial charge on any atom is -0.494 e. The minimum absolute atomic E-state index is 0.401. The van der Waals surface area contributed by atoms with E-state index in [1.54, 1.807) is 6.20 Å². The Balaban J connectivity index is 2.43. The number of nitrogens with zero attached hydrogens (tertiary/aromatic N) is 2. The van der Waals surface area contributed by atoms with Gasteiger partial charge in [0.15, 0.2) is 5.82 Å². The van der Waals surface area contributed by atoms with Crippen molar-refractivity contribution < 1.29 is 4.74 Å². The monoisotopic (exact) mass is 204 g/mol. The summed E-state index contributed by atoms with van der Waals surface area (Å²) in [7, 11) is 0. The molecule has 78 valence electrons. The summed E-state index contributed by atoms with van der Waals surface area (Å²) in [5.74, 6) is 0.999. The van der Waals surface area contributed by atoms with Crippen LogP contribution in [0.25, 0.3) is 16.8 Å². The first-order valence-electron chi connectivity index (χ1n) is 4.64. The number of H-pyrrole nitrogens is 1. The second kappa shape index (κ2) is 3.61. The van der Waals surface area contributed by atoms with Crippen molar-refractivity contribution in [3.63, 3.8) is 0 Å². The van der Waals surface area contributed by atoms with Crippen LogP contribution in [-0.2, 0) is 4.74 Å². The van der Waals surface area contributed by atoms with Crippen molar-refractivity contribution >= 4 is 22.6 Å². The molecule has 0 aliphatic heterocycles. The number of anilines is 1. The third-order valence-corrected chi connectivity index (χ3v) is 2.07. The number of hydrogen-bond acceptors (Lipinski definition) is 4. The normalized spacial score (nSPS) is 10.5. The molecule has 2 rings (SSSR count). The summed E-state index contributed by atoms with van der Waals surface area (Å²) in [6.45, 7) is 6.29. The number of fused-ring (bicyclic) bond motifs is 1. The molecule has 0 aliphatic rings. The summed E-state index contributed by atoms with van der Waals surface area (Å²) in [6.07, 6.45) is 1.67. The Morgan fingerprint density at radius 2 is 2.47 bits per heavy atom. The molecular formula is C10H12N4O. The molecule has 0 bridgehead atoms. The Labute approximate surface area is 87.0 Å². The van der Waals surface area contributed by atoms with E-state index in [0.717, 1.165) is 11.1 Å². The second-order valence-corrected chi connectivity index (χ2v) is 3.09. The first-order valence-corrected chi connectivity index (χ1v) is 4.64. The number of aromatic nitrogens is 3. The number of nitrogens with one attached hydrogen (secondary N) is 1. The van der Waals surface area contributed by atoms with E-state index in [4.69, 9.17) is 10.5 Å². The molecule has 0 amide bonds. The smallest absolute Gasteiger partial charge is 0.171 e. The van der Waals surface area contributed by atoms with Gasteiger partial charge in [-0.25, -0.2) is 4.98 Å². The zero-order valence-electron chi connectivity index (χ0n) is 8.45. The zero-order valence-corrected chi connectivity index (χ0v) is 8.45. The highest BCUT2D eigenvalue weighted by atomic mass is 16.5. The van der Waals surface area contributed by atoms with Crippen LogP contribution in [0.1, 0.15) is 12.5 Å². The quantitative estimate of drug-likeness (QED) is 0.743. The standard InChI is InChI=1S/C10H12N4O/c1-3-15-6(2)7-4-8-9(12-5-7)10(11)14-13-8/h4-5H,2-3H2,1H3,(H3,11,13,14). The lowest BCUT2D eigenvalue weighted by Crippen LogP contribution is -1.91. The Morgan fingerprint density at radius 1 is 1.67 bits per heavy atom. The predicted molar refractivity (Wildman–Crippen MR) is 59.0 cm³/mol. The molecule has 0 fully saturated rings. The maximum atomic E-state index is 5.60. The molecule has 3 N–H and O–H groups in total. The van der Waals surface area contributed by atoms with Gasteiger partial charge in [-0.2, -0.15) is 5.10 Å². The molecule has 0 saturated heterocycles. The molecule has 0 saturated carbocycles. The lowest BCUT2D eigenvalue weighted by Gasteiger charge is -2.05. The van der Waals surface area contributed by atoms with E-state index in [1.165, 1.54) is 0 Å². The molecule has 15 heavy (non-hydrogen) atoms. The topological polar surface area (TPSA) is 76.8 Å². The second-order valence-electron chi connectivity index (χ2n) is 3.09. The number of rotatable bonds is 3. The highest BCUT2D eigenvalue weighted by Gasteiger charge is 2.06. The Hall–Kier alpha value is -2.04. The highest BCUT2D eigenvalue weighted by molar-refractivity contribution is 5.86. The first kappa shape index (κ1) is 9.51. The van der Waals surface area contributed by atoms with E-state index in [2.05, 4.69) is 21.8 Å². The molecule has 0 aliphatic carbocycles. The van der Waals surface area contributed by atoms with Gasteiger partial charge < -0.3 is 10.5 Å². The molecule has 0 radical (unpaired) electrons. The fraction of sp³-hybridized carbons (Fsp3) is 0.200. The lowest BCUT2D eigenvalue weighted by molar-refractivity contribution is 0.299. The van der Waals surface area contributed by atoms with Gasteiger partial charge in [0.25, 0.3) is 0 Å². The average Bonchev–Trinajstić information content (AvgIpc) is 2.60. The van der Waals surface area contributed by atoms with Crippen molar-refractivity contribution in [2.45, 2.75) is 6.92 Å². The number of aromatic amines is 1. The largest absolute Gasteiger partial charge is 0.494 e. The minimum atomic E-state index is 0.401. The van der Waals surface area contributed by atoms with Crippen LogP contribution in [0.5, 0.6) is 0 Å². The fourth-order valence-electron chi connectivity index (χ4n) is 1.34. The SMILES string of the molecule is C=C(OCC)c1cnc2c(N)n[nH]c2c1. The summed E-state index contributed by atoms with van der Waals surface area (Å²) in [5.41, 5.74) is 7.88. The molecule has 2 heterocycles. The number of pyridine rings is 1. The van der Waals surface area contributed by atoms with Crippen LogP contribution in [0.2, 0.25) is 0 Å². The predicted octanol–water partition coefficient (Wildman–Crippen LogP) is 1.55. The average molecular weight is 204 g/mol. The Morgan fingerprint density at radius 3 is 3.20 bits per heavy atom. The van der Waals surface area contributed by atoms with E-state index < -0.39 is 0 Å². The van der Waals surface area contributed by atoms with Crippen LogP contribution in [0.3, 0.4) is 0 Å². The van der Waals surface area contributed by atoms with Gasteiger partial charge in [0.2, 0.25) is 0 Å². The van der Waals surface area contributed by atoms with Crippen molar-refractivity contribution in [1.82, 2.24) is 15.2 Å². The molecule has 2 aromatic heterocycles. The summed E-state index contributed by atoms with van der Waals surface area (Å²) in [5, 5.41) is 6.65. The maximum Gasteiger partial charge on any atom is 0.171 e. The molecule has 5 nitrogen and oxygen atoms in total. The molecule has 0 unspecified atom stereocenters. The van der Waals surface area contributed by atoms with Gasteiger partial charge in [-0.15, -0.1) is 0 Å². The van der Waals surface area contributed by atoms with Crippen LogP contribution < -0.4 is 5.73 Å². The third kappa shape index (κ3) is 1.63. The van der Waals surface area contributed by atoms with Crippen molar-refractivity contribution in [2.24, 2.45) is 0 Å². The van der Waals surface area contributed by atoms with E-state index >= 15 is 0 Å². The van der Waals surface area contributed by atoms with Crippen LogP contribution in [0.4, 0.5) is 5.82 Å². The first-order chi connectivity index (χ1) is 7.22. The van der Waals surface area contributed by atoms with Gasteiger partial charge in [0, 0.05) is 11.8 Å². The lowest BCUT2D eigenvalue weighted by atomic mass is 10.2. The molecule has 0 spiro atoms. The van der Waals surface area contributed by atoms with Crippen LogP contribution in [0.15, 0.2) is 18.8 Å². The van der Waals surface area contributed by atoms with E-state index in [1.807, 2.05) is 13.0 Å². The van der Waals surface area contributed by atoms with Crippen molar-refractivity contribution in [3.05, 3.63) is 24.4 Å². The summed E-state index contributed by atoms with van der Waals surface area (Å²) >= 11 is 0. The van der Waals surface area contributed by atoms with Gasteiger partial charge >= 0.3 is 0 Å². The van der Waals surface area contributed by atoms with Gasteiger partial charge in [-0.3, -0.25) is 5.10 Å². The van der Waals surface area contributed by atoms with Crippen molar-refractivity contribution in [1.29, 1.82) is 0 Å². The molecular weight excluding hydrogens is 192 g/mol. The van der Waals surface area contributed by atoms with E-state index in [9.17, 15) is 0 Å². The van der Waals surface area contributed by atoms with Gasteiger partial charge in [-0.1, -0.05) is 6.58 Å². The highest BCUT2D eigenvalue weighted by Crippen LogP contribution is 2.20. The van der Waals surface area contributed by atoms with E-state index in [-0.39, 0.29) is 0 Å². The van der Waals surface area contributed by atoms with Gasteiger partial charge in [0.1, 0.15) is 11.3 Å². The number of hydrogen-bond donors (Lipinski definition) is 2. The number of nitrogens with two attached hydrogens (primary N) is 1. The molecule has 0 aromatic carbocycles. The van der Waals surface area contributed by atoms with Crippen molar-refractivity contribution in [2.75, 3.05) is 12.3 Å². The summed E-state index contributed by atoms with van der Waals surface area (Å²) in [4.78, 5) is 4.18. The molecule has 0 atom stereocenters.